The van der Waals surface area contributed by atoms with E-state index < -0.39 is 0 Å². The zero-order chi connectivity index (χ0) is 14.0. The van der Waals surface area contributed by atoms with Gasteiger partial charge < -0.3 is 0 Å². The first-order valence-corrected chi connectivity index (χ1v) is 6.58. The third-order valence-electron chi connectivity index (χ3n) is 3.04. The summed E-state index contributed by atoms with van der Waals surface area (Å²) in [7, 11) is 0. The van der Waals surface area contributed by atoms with Crippen molar-refractivity contribution in [1.29, 1.82) is 0 Å². The first kappa shape index (κ1) is 13.6. The highest BCUT2D eigenvalue weighted by Gasteiger charge is 2.16. The minimum Gasteiger partial charge on any atom is -0.290 e. The maximum Gasteiger partial charge on any atom is 0.278 e. The number of hydrogen-bond acceptors (Lipinski definition) is 2. The Morgan fingerprint density at radius 2 is 1.79 bits per heavy atom. The maximum absolute atomic E-state index is 12.1. The third kappa shape index (κ3) is 2.79. The van der Waals surface area contributed by atoms with Crippen LogP contribution in [-0.4, -0.2) is 17.4 Å². The lowest BCUT2D eigenvalue weighted by Crippen LogP contribution is -2.13. The second-order valence-electron chi connectivity index (χ2n) is 4.23. The summed E-state index contributed by atoms with van der Waals surface area (Å²) in [6.45, 7) is 3.53. The number of ketones is 1. The molecule has 0 spiro atoms. The summed E-state index contributed by atoms with van der Waals surface area (Å²) in [4.78, 5) is 27.7. The molecule has 3 nitrogen and oxygen atoms in total. The van der Waals surface area contributed by atoms with E-state index in [1.807, 2.05) is 6.07 Å². The van der Waals surface area contributed by atoms with Crippen molar-refractivity contribution in [3.05, 3.63) is 57.6 Å². The molecule has 1 aliphatic carbocycles. The Hall–Kier alpha value is -1.81. The quantitative estimate of drug-likeness (QED) is 0.744. The summed E-state index contributed by atoms with van der Waals surface area (Å²) in [6, 6.07) is 7.12. The normalized spacial score (nSPS) is 17.2. The molecular formula is C15H12BrNO2. The lowest BCUT2D eigenvalue weighted by molar-refractivity contribution is -0.111. The zero-order valence-electron chi connectivity index (χ0n) is 10.6. The highest BCUT2D eigenvalue weighted by Crippen LogP contribution is 2.19. The number of allylic oxidation sites excluding steroid dienone is 4. The molecule has 19 heavy (non-hydrogen) atoms. The standard InChI is InChI=1S/C15H12BrNO2/c1-9-10(2)14(18)8-7-13(9)17-15(19)11-5-3-4-6-12(11)16/h3-8H,1-2H3. The van der Waals surface area contributed by atoms with Crippen LogP contribution < -0.4 is 0 Å². The fourth-order valence-corrected chi connectivity index (χ4v) is 2.16. The summed E-state index contributed by atoms with van der Waals surface area (Å²) < 4.78 is 0.707. The highest BCUT2D eigenvalue weighted by molar-refractivity contribution is 9.10. The van der Waals surface area contributed by atoms with E-state index in [4.69, 9.17) is 0 Å². The lowest BCUT2D eigenvalue weighted by Gasteiger charge is -2.10. The second kappa shape index (κ2) is 5.45. The van der Waals surface area contributed by atoms with Crippen LogP contribution in [-0.2, 0) is 4.79 Å². The van der Waals surface area contributed by atoms with Gasteiger partial charge in [-0.15, -0.1) is 0 Å². The van der Waals surface area contributed by atoms with E-state index >= 15 is 0 Å². The molecule has 96 valence electrons. The Bertz CT molecular complexity index is 654. The molecular weight excluding hydrogens is 306 g/mol. The van der Waals surface area contributed by atoms with Crippen molar-refractivity contribution in [3.8, 4) is 0 Å². The van der Waals surface area contributed by atoms with E-state index in [9.17, 15) is 9.59 Å². The summed E-state index contributed by atoms with van der Waals surface area (Å²) in [5.74, 6) is -0.363. The number of hydrogen-bond donors (Lipinski definition) is 0. The van der Waals surface area contributed by atoms with E-state index in [2.05, 4.69) is 20.9 Å². The van der Waals surface area contributed by atoms with E-state index in [-0.39, 0.29) is 11.7 Å². The summed E-state index contributed by atoms with van der Waals surface area (Å²) in [5.41, 5.74) is 2.41. The number of nitrogens with zero attached hydrogens (tertiary/aromatic N) is 1. The van der Waals surface area contributed by atoms with Gasteiger partial charge in [0.15, 0.2) is 5.78 Å². The molecule has 1 amide bonds. The Morgan fingerprint density at radius 1 is 1.11 bits per heavy atom. The van der Waals surface area contributed by atoms with Gasteiger partial charge in [0.1, 0.15) is 0 Å². The van der Waals surface area contributed by atoms with Crippen LogP contribution in [0.25, 0.3) is 0 Å². The second-order valence-corrected chi connectivity index (χ2v) is 5.08. The minimum atomic E-state index is -0.325. The van der Waals surface area contributed by atoms with Gasteiger partial charge in [-0.1, -0.05) is 12.1 Å². The maximum atomic E-state index is 12.1. The van der Waals surface area contributed by atoms with Gasteiger partial charge in [0.25, 0.3) is 5.91 Å². The monoisotopic (exact) mass is 317 g/mol. The fraction of sp³-hybridized carbons (Fsp3) is 0.133. The van der Waals surface area contributed by atoms with Crippen LogP contribution in [0.2, 0.25) is 0 Å². The molecule has 2 rings (SSSR count). The van der Waals surface area contributed by atoms with Crippen LogP contribution in [0.15, 0.2) is 57.0 Å². The molecule has 0 saturated carbocycles. The largest absolute Gasteiger partial charge is 0.290 e. The van der Waals surface area contributed by atoms with Gasteiger partial charge in [-0.3, -0.25) is 9.59 Å². The minimum absolute atomic E-state index is 0.0372. The van der Waals surface area contributed by atoms with Crippen LogP contribution in [0.3, 0.4) is 0 Å². The average Bonchev–Trinajstić information content (AvgIpc) is 2.40. The lowest BCUT2D eigenvalue weighted by atomic mass is 9.97. The predicted octanol–water partition coefficient (Wildman–Crippen LogP) is 3.51. The molecule has 1 aromatic rings. The van der Waals surface area contributed by atoms with E-state index in [1.54, 1.807) is 38.1 Å². The van der Waals surface area contributed by atoms with Crippen LogP contribution in [0.1, 0.15) is 24.2 Å². The van der Waals surface area contributed by atoms with Gasteiger partial charge in [-0.2, -0.15) is 0 Å². The number of halogens is 1. The van der Waals surface area contributed by atoms with Crippen LogP contribution in [0.5, 0.6) is 0 Å². The number of carbonyl (C=O) groups is 2. The molecule has 0 saturated heterocycles. The molecule has 0 unspecified atom stereocenters. The van der Waals surface area contributed by atoms with Crippen LogP contribution in [0, 0.1) is 0 Å². The predicted molar refractivity (Wildman–Crippen MR) is 78.4 cm³/mol. The summed E-state index contributed by atoms with van der Waals surface area (Å²) >= 11 is 3.32. The first-order valence-electron chi connectivity index (χ1n) is 5.78. The smallest absolute Gasteiger partial charge is 0.278 e. The van der Waals surface area contributed by atoms with Crippen molar-refractivity contribution in [2.24, 2.45) is 4.99 Å². The summed E-state index contributed by atoms with van der Waals surface area (Å²) in [6.07, 6.45) is 3.02. The molecule has 0 radical (unpaired) electrons. The number of carbonyl (C=O) groups excluding carboxylic acids is 2. The molecule has 0 heterocycles. The van der Waals surface area contributed by atoms with Crippen LogP contribution in [0.4, 0.5) is 0 Å². The van der Waals surface area contributed by atoms with Crippen molar-refractivity contribution in [2.45, 2.75) is 13.8 Å². The Morgan fingerprint density at radius 3 is 2.47 bits per heavy atom. The van der Waals surface area contributed by atoms with Crippen molar-refractivity contribution < 1.29 is 9.59 Å². The molecule has 0 bridgehead atoms. The first-order chi connectivity index (χ1) is 9.00. The van der Waals surface area contributed by atoms with Gasteiger partial charge in [0.2, 0.25) is 0 Å². The molecule has 1 aromatic carbocycles. The van der Waals surface area contributed by atoms with Gasteiger partial charge >= 0.3 is 0 Å². The van der Waals surface area contributed by atoms with Crippen molar-refractivity contribution in [1.82, 2.24) is 0 Å². The molecule has 0 aromatic heterocycles. The van der Waals surface area contributed by atoms with E-state index in [1.165, 1.54) is 6.08 Å². The van der Waals surface area contributed by atoms with Gasteiger partial charge in [-0.05, 0) is 59.6 Å². The molecule has 0 aliphatic heterocycles. The highest BCUT2D eigenvalue weighted by atomic mass is 79.9. The SMILES string of the molecule is CC1=C(C)C(=NC(=O)c2ccccc2Br)C=CC1=O. The number of rotatable bonds is 1. The topological polar surface area (TPSA) is 46.5 Å². The Kier molecular flexibility index (Phi) is 3.90. The number of amides is 1. The van der Waals surface area contributed by atoms with E-state index in [0.717, 1.165) is 5.57 Å². The van der Waals surface area contributed by atoms with Gasteiger partial charge in [-0.25, -0.2) is 4.99 Å². The zero-order valence-corrected chi connectivity index (χ0v) is 12.2. The van der Waals surface area contributed by atoms with E-state index in [0.29, 0.717) is 21.3 Å². The molecule has 0 N–H and O–H groups in total. The molecule has 4 heteroatoms. The van der Waals surface area contributed by atoms with Gasteiger partial charge in [0, 0.05) is 10.0 Å². The average molecular weight is 318 g/mol. The van der Waals surface area contributed by atoms with Crippen molar-refractivity contribution >= 4 is 33.3 Å². The van der Waals surface area contributed by atoms with Crippen molar-refractivity contribution in [3.63, 3.8) is 0 Å². The number of benzene rings is 1. The van der Waals surface area contributed by atoms with Gasteiger partial charge in [0.05, 0.1) is 11.3 Å². The molecule has 0 atom stereocenters. The number of aliphatic imine (C=N–C) groups is 1. The van der Waals surface area contributed by atoms with Crippen LogP contribution >= 0.6 is 15.9 Å². The Labute approximate surface area is 119 Å². The summed E-state index contributed by atoms with van der Waals surface area (Å²) in [5, 5.41) is 0. The molecule has 1 aliphatic rings. The van der Waals surface area contributed by atoms with Crippen molar-refractivity contribution in [2.75, 3.05) is 0 Å². The molecule has 0 fully saturated rings. The Balaban J connectivity index is 2.38. The fourth-order valence-electron chi connectivity index (χ4n) is 1.71. The third-order valence-corrected chi connectivity index (χ3v) is 3.73.